The zero-order valence-corrected chi connectivity index (χ0v) is 24.2. The fraction of sp³-hybridized carbons (Fsp3) is 0.143. The van der Waals surface area contributed by atoms with Gasteiger partial charge in [0.2, 0.25) is 0 Å². The number of hydrogen-bond acceptors (Lipinski definition) is 7. The molecule has 40 heavy (non-hydrogen) atoms. The van der Waals surface area contributed by atoms with Gasteiger partial charge in [-0.15, -0.1) is 0 Å². The van der Waals surface area contributed by atoms with Gasteiger partial charge in [0.25, 0.3) is 11.8 Å². The van der Waals surface area contributed by atoms with Gasteiger partial charge < -0.3 is 14.2 Å². The number of carbonyl (C=O) groups excluding carboxylic acids is 4. The summed E-state index contributed by atoms with van der Waals surface area (Å²) in [6.45, 7) is 2.29. The molecule has 12 heteroatoms. The van der Waals surface area contributed by atoms with Crippen LogP contribution in [0.5, 0.6) is 11.5 Å². The van der Waals surface area contributed by atoms with E-state index in [1.807, 2.05) is 0 Å². The predicted molar refractivity (Wildman–Crippen MR) is 153 cm³/mol. The maximum absolute atomic E-state index is 13.3. The summed E-state index contributed by atoms with van der Waals surface area (Å²) < 4.78 is 16.9. The Balaban J connectivity index is 1.63. The van der Waals surface area contributed by atoms with Gasteiger partial charge in [-0.3, -0.25) is 14.9 Å². The van der Waals surface area contributed by atoms with E-state index in [9.17, 15) is 19.2 Å². The van der Waals surface area contributed by atoms with Gasteiger partial charge in [-0.1, -0.05) is 29.3 Å². The first-order valence-corrected chi connectivity index (χ1v) is 13.3. The average Bonchev–Trinajstić information content (AvgIpc) is 2.92. The second kappa shape index (κ2) is 12.5. The normalized spacial score (nSPS) is 14.3. The number of carbonyl (C=O) groups is 4. The number of ether oxygens (including phenoxy) is 3. The van der Waals surface area contributed by atoms with Gasteiger partial charge in [0.1, 0.15) is 12.2 Å². The highest BCUT2D eigenvalue weighted by Gasteiger charge is 2.37. The van der Waals surface area contributed by atoms with Gasteiger partial charge >= 0.3 is 12.0 Å². The van der Waals surface area contributed by atoms with E-state index in [1.54, 1.807) is 37.3 Å². The van der Waals surface area contributed by atoms with Crippen LogP contribution in [-0.4, -0.2) is 37.5 Å². The molecule has 9 nitrogen and oxygen atoms in total. The number of methoxy groups -OCH3 is 1. The molecule has 0 bridgehead atoms. The smallest absolute Gasteiger partial charge is 0.337 e. The van der Waals surface area contributed by atoms with Crippen LogP contribution in [0.15, 0.2) is 64.6 Å². The maximum atomic E-state index is 13.3. The summed E-state index contributed by atoms with van der Waals surface area (Å²) in [5.41, 5.74) is 1.33. The third kappa shape index (κ3) is 6.30. The van der Waals surface area contributed by atoms with Crippen LogP contribution in [-0.2, 0) is 20.9 Å². The minimum Gasteiger partial charge on any atom is -0.490 e. The highest BCUT2D eigenvalue weighted by atomic mass is 79.9. The number of barbiturate groups is 1. The van der Waals surface area contributed by atoms with Crippen molar-refractivity contribution < 1.29 is 33.4 Å². The lowest BCUT2D eigenvalue weighted by Crippen LogP contribution is -2.54. The summed E-state index contributed by atoms with van der Waals surface area (Å²) in [6, 6.07) is 13.1. The summed E-state index contributed by atoms with van der Waals surface area (Å²) >= 11 is 15.6. The molecule has 0 unspecified atom stereocenters. The molecule has 1 heterocycles. The fourth-order valence-corrected chi connectivity index (χ4v) is 4.68. The Morgan fingerprint density at radius 3 is 2.38 bits per heavy atom. The summed E-state index contributed by atoms with van der Waals surface area (Å²) in [7, 11) is 1.24. The number of urea groups is 1. The molecule has 0 aromatic heterocycles. The zero-order valence-electron chi connectivity index (χ0n) is 21.1. The van der Waals surface area contributed by atoms with E-state index < -0.39 is 23.8 Å². The molecule has 0 radical (unpaired) electrons. The zero-order chi connectivity index (χ0) is 29.0. The third-order valence-electron chi connectivity index (χ3n) is 5.66. The van der Waals surface area contributed by atoms with E-state index in [0.29, 0.717) is 38.2 Å². The lowest BCUT2D eigenvalue weighted by Gasteiger charge is -2.26. The largest absolute Gasteiger partial charge is 0.490 e. The van der Waals surface area contributed by atoms with Crippen molar-refractivity contribution in [2.75, 3.05) is 18.6 Å². The molecular formula is C28H21BrCl2N2O7. The summed E-state index contributed by atoms with van der Waals surface area (Å²) in [5.74, 6) is -1.51. The molecule has 0 saturated carbocycles. The Morgan fingerprint density at radius 2 is 1.73 bits per heavy atom. The van der Waals surface area contributed by atoms with Crippen molar-refractivity contribution in [1.82, 2.24) is 5.32 Å². The molecule has 0 atom stereocenters. The Hall–Kier alpha value is -3.86. The maximum Gasteiger partial charge on any atom is 0.337 e. The third-order valence-corrected chi connectivity index (χ3v) is 6.99. The molecule has 4 rings (SSSR count). The van der Waals surface area contributed by atoms with E-state index in [1.165, 1.54) is 37.5 Å². The van der Waals surface area contributed by atoms with Crippen LogP contribution in [0.1, 0.15) is 28.4 Å². The van der Waals surface area contributed by atoms with Gasteiger partial charge in [-0.05, 0) is 88.6 Å². The number of benzene rings is 3. The van der Waals surface area contributed by atoms with Gasteiger partial charge in [0.05, 0.1) is 39.5 Å². The number of hydrogen-bond donors (Lipinski definition) is 1. The molecule has 1 aliphatic heterocycles. The topological polar surface area (TPSA) is 111 Å². The predicted octanol–water partition coefficient (Wildman–Crippen LogP) is 6.19. The summed E-state index contributed by atoms with van der Waals surface area (Å²) in [5, 5.41) is 3.00. The van der Waals surface area contributed by atoms with Crippen LogP contribution in [0.25, 0.3) is 6.08 Å². The second-order valence-electron chi connectivity index (χ2n) is 8.30. The minimum atomic E-state index is -0.916. The number of anilines is 1. The number of halogens is 3. The highest BCUT2D eigenvalue weighted by molar-refractivity contribution is 9.10. The van der Waals surface area contributed by atoms with Gasteiger partial charge in [0, 0.05) is 0 Å². The van der Waals surface area contributed by atoms with Crippen molar-refractivity contribution in [3.8, 4) is 11.5 Å². The van der Waals surface area contributed by atoms with Crippen molar-refractivity contribution in [3.63, 3.8) is 0 Å². The number of rotatable bonds is 8. The second-order valence-corrected chi connectivity index (χ2v) is 9.97. The summed E-state index contributed by atoms with van der Waals surface area (Å²) in [4.78, 5) is 51.0. The quantitative estimate of drug-likeness (QED) is 0.176. The molecule has 3 aromatic rings. The molecule has 4 amide bonds. The number of esters is 1. The SMILES string of the molecule is CCOc1cc(/C=C2\C(=O)NC(=O)N(c3ccc(C(=O)OC)cc3)C2=O)cc(Br)c1OCc1ccc(Cl)c(Cl)c1. The number of nitrogens with zero attached hydrogens (tertiary/aromatic N) is 1. The van der Waals surface area contributed by atoms with E-state index in [4.69, 9.17) is 32.7 Å². The minimum absolute atomic E-state index is 0.163. The molecule has 0 spiro atoms. The Morgan fingerprint density at radius 1 is 1.00 bits per heavy atom. The van der Waals surface area contributed by atoms with Crippen molar-refractivity contribution >= 4 is 74.7 Å². The lowest BCUT2D eigenvalue weighted by atomic mass is 10.1. The van der Waals surface area contributed by atoms with E-state index in [-0.39, 0.29) is 23.4 Å². The summed E-state index contributed by atoms with van der Waals surface area (Å²) in [6.07, 6.45) is 1.34. The van der Waals surface area contributed by atoms with Crippen molar-refractivity contribution in [3.05, 3.63) is 91.4 Å². The van der Waals surface area contributed by atoms with Crippen LogP contribution < -0.4 is 19.7 Å². The molecule has 1 N–H and O–H groups in total. The Kier molecular flexibility index (Phi) is 9.14. The van der Waals surface area contributed by atoms with Crippen LogP contribution in [0.3, 0.4) is 0 Å². The molecule has 206 valence electrons. The number of amides is 4. The molecule has 1 fully saturated rings. The standard InChI is InChI=1S/C28H21BrCl2N2O7/c1-3-39-23-13-16(11-20(29)24(23)40-14-15-4-9-21(30)22(31)12-15)10-19-25(34)32-28(37)33(26(19)35)18-7-5-17(6-8-18)27(36)38-2/h4-13H,3,14H2,1-2H3,(H,32,34,37)/b19-10+. The van der Waals surface area contributed by atoms with Gasteiger partial charge in [-0.2, -0.15) is 0 Å². The highest BCUT2D eigenvalue weighted by Crippen LogP contribution is 2.38. The van der Waals surface area contributed by atoms with Crippen LogP contribution in [0.2, 0.25) is 10.0 Å². The monoisotopic (exact) mass is 646 g/mol. The first-order chi connectivity index (χ1) is 19.1. The molecule has 0 aliphatic carbocycles. The molecule has 1 aliphatic rings. The van der Waals surface area contributed by atoms with E-state index in [0.717, 1.165) is 10.5 Å². The van der Waals surface area contributed by atoms with Crippen LogP contribution >= 0.6 is 39.1 Å². The van der Waals surface area contributed by atoms with Crippen molar-refractivity contribution in [1.29, 1.82) is 0 Å². The Labute approximate surface area is 247 Å². The van der Waals surface area contributed by atoms with Crippen LogP contribution in [0.4, 0.5) is 10.5 Å². The first kappa shape index (κ1) is 29.1. The van der Waals surface area contributed by atoms with Gasteiger partial charge in [-0.25, -0.2) is 14.5 Å². The van der Waals surface area contributed by atoms with E-state index >= 15 is 0 Å². The van der Waals surface area contributed by atoms with Gasteiger partial charge in [0.15, 0.2) is 11.5 Å². The van der Waals surface area contributed by atoms with E-state index in [2.05, 4.69) is 26.0 Å². The Bertz CT molecular complexity index is 1540. The first-order valence-electron chi connectivity index (χ1n) is 11.8. The fourth-order valence-electron chi connectivity index (χ4n) is 3.78. The average molecular weight is 648 g/mol. The number of imide groups is 2. The molecule has 1 saturated heterocycles. The van der Waals surface area contributed by atoms with Crippen molar-refractivity contribution in [2.45, 2.75) is 13.5 Å². The number of nitrogens with one attached hydrogen (secondary N) is 1. The molecule has 3 aromatic carbocycles. The molecular weight excluding hydrogens is 627 g/mol. The van der Waals surface area contributed by atoms with Crippen LogP contribution in [0, 0.1) is 0 Å². The lowest BCUT2D eigenvalue weighted by molar-refractivity contribution is -0.122. The van der Waals surface area contributed by atoms with Crippen molar-refractivity contribution in [2.24, 2.45) is 0 Å².